The number of aromatic nitrogens is 3. The smallest absolute Gasteiger partial charge is 0.179 e. The summed E-state index contributed by atoms with van der Waals surface area (Å²) in [5.41, 5.74) is 10.7. The lowest BCUT2D eigenvalue weighted by Crippen LogP contribution is -2.74. The van der Waals surface area contributed by atoms with Crippen molar-refractivity contribution in [3.63, 3.8) is 0 Å². The number of hydrogen-bond donors (Lipinski definition) is 0. The zero-order chi connectivity index (χ0) is 42.2. The summed E-state index contributed by atoms with van der Waals surface area (Å²) < 4.78 is 7.33. The van der Waals surface area contributed by atoms with Crippen molar-refractivity contribution in [2.24, 2.45) is 0 Å². The summed E-state index contributed by atoms with van der Waals surface area (Å²) in [6.45, 7) is 0. The van der Waals surface area contributed by atoms with Gasteiger partial charge in [0.1, 0.15) is 0 Å². The van der Waals surface area contributed by atoms with E-state index in [1.54, 1.807) is 0 Å². The maximum atomic E-state index is 2.48. The quantitative estimate of drug-likeness (QED) is 0.112. The fourth-order valence-electron chi connectivity index (χ4n) is 11.0. The van der Waals surface area contributed by atoms with Gasteiger partial charge in [0.05, 0.1) is 33.1 Å². The minimum atomic E-state index is -2.92. The summed E-state index contributed by atoms with van der Waals surface area (Å²) in [6.07, 6.45) is 0. The second kappa shape index (κ2) is 14.5. The number of hydrogen-bond acceptors (Lipinski definition) is 0. The first-order valence-electron chi connectivity index (χ1n) is 22.1. The molecule has 10 aromatic carbocycles. The Balaban J connectivity index is 1.05. The van der Waals surface area contributed by atoms with Crippen molar-refractivity contribution in [3.8, 4) is 17.1 Å². The molecule has 13 aromatic rings. The Labute approximate surface area is 372 Å². The summed E-state index contributed by atoms with van der Waals surface area (Å²) in [5.74, 6) is 0. The van der Waals surface area contributed by atoms with Gasteiger partial charge in [-0.2, -0.15) is 0 Å². The van der Waals surface area contributed by atoms with Crippen LogP contribution in [0.5, 0.6) is 0 Å². The van der Waals surface area contributed by atoms with Crippen LogP contribution in [0.3, 0.4) is 0 Å². The third-order valence-corrected chi connectivity index (χ3v) is 18.4. The van der Waals surface area contributed by atoms with Crippen molar-refractivity contribution in [2.45, 2.75) is 0 Å². The average molecular weight is 832 g/mol. The molecule has 0 atom stereocenters. The van der Waals surface area contributed by atoms with Crippen LogP contribution in [0.15, 0.2) is 249 Å². The molecule has 0 unspecified atom stereocenters. The molecular weight excluding hydrogens is 791 g/mol. The highest BCUT2D eigenvalue weighted by Gasteiger charge is 2.41. The Morgan fingerprint density at radius 2 is 0.562 bits per heavy atom. The zero-order valence-electron chi connectivity index (χ0n) is 35.0. The molecule has 3 heterocycles. The molecule has 0 fully saturated rings. The molecule has 0 saturated carbocycles. The van der Waals surface area contributed by atoms with Crippen LogP contribution in [0.4, 0.5) is 0 Å². The van der Waals surface area contributed by atoms with E-state index >= 15 is 0 Å². The minimum Gasteiger partial charge on any atom is -0.309 e. The van der Waals surface area contributed by atoms with Gasteiger partial charge < -0.3 is 13.7 Å². The Bertz CT molecular complexity index is 3790. The molecule has 0 aliphatic carbocycles. The molecule has 13 rings (SSSR count). The van der Waals surface area contributed by atoms with Gasteiger partial charge >= 0.3 is 0 Å². The van der Waals surface area contributed by atoms with Crippen LogP contribution in [0.1, 0.15) is 0 Å². The number of benzene rings is 10. The summed E-state index contributed by atoms with van der Waals surface area (Å²) >= 11 is 0. The number of para-hydroxylation sites is 5. The molecule has 0 N–H and O–H groups in total. The van der Waals surface area contributed by atoms with E-state index in [0.29, 0.717) is 0 Å². The summed E-state index contributed by atoms with van der Waals surface area (Å²) in [4.78, 5) is 0. The highest BCUT2D eigenvalue weighted by Crippen LogP contribution is 2.42. The lowest BCUT2D eigenvalue weighted by molar-refractivity contribution is 1.17. The first kappa shape index (κ1) is 36.5. The zero-order valence-corrected chi connectivity index (χ0v) is 36.0. The second-order valence-electron chi connectivity index (χ2n) is 16.8. The maximum Gasteiger partial charge on any atom is 0.179 e. The van der Waals surface area contributed by atoms with Gasteiger partial charge in [-0.05, 0) is 93.5 Å². The van der Waals surface area contributed by atoms with Crippen molar-refractivity contribution in [3.05, 3.63) is 249 Å². The first-order valence-corrected chi connectivity index (χ1v) is 24.1. The average Bonchev–Trinajstić information content (AvgIpc) is 4.01. The highest BCUT2D eigenvalue weighted by molar-refractivity contribution is 7.19. The standard InChI is InChI=1S/C60H41N3Si/c1-4-19-42(20-5-1)61-55-33-16-12-29-51(55)59-57(61)39-40-58-60(59)52-30-13-17-34-56(52)62(58)43-35-37-47(38-36-43)64(45-22-6-2-7-23-45,46-24-8-3-9-25-46)48-26-18-21-44(41-48)63-53-31-14-10-27-49(53)50-28-11-15-32-54(50)63/h1-41H. The van der Waals surface area contributed by atoms with Crippen LogP contribution in [-0.4, -0.2) is 21.8 Å². The van der Waals surface area contributed by atoms with Crippen molar-refractivity contribution < 1.29 is 0 Å². The van der Waals surface area contributed by atoms with Gasteiger partial charge in [0.2, 0.25) is 0 Å². The van der Waals surface area contributed by atoms with Crippen LogP contribution in [-0.2, 0) is 0 Å². The van der Waals surface area contributed by atoms with Gasteiger partial charge in [-0.25, -0.2) is 0 Å². The Morgan fingerprint density at radius 1 is 0.219 bits per heavy atom. The molecule has 3 aromatic heterocycles. The largest absolute Gasteiger partial charge is 0.309 e. The van der Waals surface area contributed by atoms with Crippen LogP contribution in [0.25, 0.3) is 82.5 Å². The third-order valence-electron chi connectivity index (χ3n) is 13.6. The predicted molar refractivity (Wildman–Crippen MR) is 273 cm³/mol. The van der Waals surface area contributed by atoms with Gasteiger partial charge in [-0.3, -0.25) is 0 Å². The summed E-state index contributed by atoms with van der Waals surface area (Å²) in [7, 11) is -2.92. The van der Waals surface area contributed by atoms with E-state index in [2.05, 4.69) is 262 Å². The molecular formula is C60H41N3Si. The van der Waals surface area contributed by atoms with E-state index < -0.39 is 8.07 Å². The van der Waals surface area contributed by atoms with Gasteiger partial charge in [0.25, 0.3) is 0 Å². The highest BCUT2D eigenvalue weighted by atomic mass is 28.3. The Hall–Kier alpha value is -8.18. The first-order chi connectivity index (χ1) is 31.8. The molecule has 0 aliphatic rings. The van der Waals surface area contributed by atoms with Gasteiger partial charge in [0, 0.05) is 49.4 Å². The third kappa shape index (κ3) is 5.27. The molecule has 0 bridgehead atoms. The van der Waals surface area contributed by atoms with Crippen LogP contribution in [0.2, 0.25) is 0 Å². The van der Waals surface area contributed by atoms with E-state index in [1.165, 1.54) is 91.9 Å². The molecule has 0 amide bonds. The van der Waals surface area contributed by atoms with E-state index in [1.807, 2.05) is 0 Å². The normalized spacial score (nSPS) is 12.1. The van der Waals surface area contributed by atoms with E-state index in [0.717, 1.165) is 11.4 Å². The number of nitrogens with zero attached hydrogens (tertiary/aromatic N) is 3. The second-order valence-corrected chi connectivity index (χ2v) is 20.7. The molecule has 300 valence electrons. The van der Waals surface area contributed by atoms with Crippen molar-refractivity contribution in [2.75, 3.05) is 0 Å². The van der Waals surface area contributed by atoms with E-state index in [-0.39, 0.29) is 0 Å². The molecule has 64 heavy (non-hydrogen) atoms. The monoisotopic (exact) mass is 831 g/mol. The van der Waals surface area contributed by atoms with Crippen molar-refractivity contribution in [1.82, 2.24) is 13.7 Å². The lowest BCUT2D eigenvalue weighted by Gasteiger charge is -2.35. The maximum absolute atomic E-state index is 2.92. The van der Waals surface area contributed by atoms with Crippen LogP contribution >= 0.6 is 0 Å². The lowest BCUT2D eigenvalue weighted by atomic mass is 10.1. The molecule has 0 radical (unpaired) electrons. The molecule has 0 aliphatic heterocycles. The number of rotatable bonds is 7. The van der Waals surface area contributed by atoms with Crippen LogP contribution < -0.4 is 20.7 Å². The molecule has 3 nitrogen and oxygen atoms in total. The van der Waals surface area contributed by atoms with Crippen molar-refractivity contribution in [1.29, 1.82) is 0 Å². The Morgan fingerprint density at radius 3 is 1.06 bits per heavy atom. The van der Waals surface area contributed by atoms with Crippen molar-refractivity contribution >= 4 is 94.2 Å². The van der Waals surface area contributed by atoms with Gasteiger partial charge in [0.15, 0.2) is 8.07 Å². The molecule has 4 heteroatoms. The summed E-state index contributed by atoms with van der Waals surface area (Å²) in [5, 5.41) is 13.0. The summed E-state index contributed by atoms with van der Waals surface area (Å²) in [6, 6.07) is 92.2. The van der Waals surface area contributed by atoms with E-state index in [9.17, 15) is 0 Å². The Kier molecular flexibility index (Phi) is 8.23. The number of fused-ring (bicyclic) bond motifs is 10. The van der Waals surface area contributed by atoms with E-state index in [4.69, 9.17) is 0 Å². The fraction of sp³-hybridized carbons (Fsp3) is 0. The van der Waals surface area contributed by atoms with Gasteiger partial charge in [-0.15, -0.1) is 0 Å². The minimum absolute atomic E-state index is 1.14. The fourth-order valence-corrected chi connectivity index (χ4v) is 15.7. The predicted octanol–water partition coefficient (Wildman–Crippen LogP) is 12.4. The SMILES string of the molecule is c1ccc(-n2c3ccccc3c3c4c5ccccc5n(-c5ccc([Si](c6ccccc6)(c6ccccc6)c6cccc(-n7c8ccccc8c8ccccc87)c6)cc5)c4ccc32)cc1. The van der Waals surface area contributed by atoms with Gasteiger partial charge in [-0.1, -0.05) is 176 Å². The molecule has 0 saturated heterocycles. The topological polar surface area (TPSA) is 14.8 Å². The van der Waals surface area contributed by atoms with Crippen LogP contribution in [0, 0.1) is 0 Å². The molecule has 0 spiro atoms.